The van der Waals surface area contributed by atoms with Crippen LogP contribution in [0.15, 0.2) is 0 Å². The minimum absolute atomic E-state index is 0.132. The van der Waals surface area contributed by atoms with Crippen LogP contribution in [-0.4, -0.2) is 50.7 Å². The fraction of sp³-hybridized carbons (Fsp3) is 0.917. The number of carbonyl (C=O) groups is 1. The van der Waals surface area contributed by atoms with Crippen LogP contribution >= 0.6 is 0 Å². The normalized spacial score (nSPS) is 11.4. The van der Waals surface area contributed by atoms with Gasteiger partial charge in [-0.2, -0.15) is 0 Å². The quantitative estimate of drug-likeness (QED) is 0.521. The smallest absolute Gasteiger partial charge is 0.302 e. The van der Waals surface area contributed by atoms with Crippen molar-refractivity contribution in [1.29, 1.82) is 0 Å². The van der Waals surface area contributed by atoms with E-state index in [1.165, 1.54) is 6.92 Å². The molecule has 1 N–H and O–H groups in total. The van der Waals surface area contributed by atoms with Gasteiger partial charge in [-0.15, -0.1) is 0 Å². The molecular formula is C12H26O5. The van der Waals surface area contributed by atoms with Crippen molar-refractivity contribution in [2.45, 2.75) is 39.7 Å². The molecule has 0 spiro atoms. The van der Waals surface area contributed by atoms with Crippen molar-refractivity contribution < 1.29 is 24.1 Å². The van der Waals surface area contributed by atoms with Gasteiger partial charge in [-0.25, -0.2) is 0 Å². The predicted octanol–water partition coefficient (Wildman–Crippen LogP) is 1.38. The molecule has 1 atom stereocenters. The second kappa shape index (κ2) is 15.4. The van der Waals surface area contributed by atoms with Gasteiger partial charge < -0.3 is 19.3 Å². The highest BCUT2D eigenvalue weighted by Gasteiger charge is 2.02. The van der Waals surface area contributed by atoms with Crippen molar-refractivity contribution in [3.05, 3.63) is 0 Å². The zero-order valence-corrected chi connectivity index (χ0v) is 11.4. The maximum atomic E-state index is 10.3. The first-order valence-corrected chi connectivity index (χ1v) is 5.93. The minimum Gasteiger partial charge on any atom is -0.460 e. The molecule has 0 rings (SSSR count). The maximum Gasteiger partial charge on any atom is 0.302 e. The van der Waals surface area contributed by atoms with Crippen LogP contribution in [0.5, 0.6) is 0 Å². The Morgan fingerprint density at radius 1 is 1.35 bits per heavy atom. The van der Waals surface area contributed by atoms with Crippen LogP contribution in [0.2, 0.25) is 0 Å². The topological polar surface area (TPSA) is 65.0 Å². The van der Waals surface area contributed by atoms with E-state index in [4.69, 9.17) is 19.3 Å². The Hall–Kier alpha value is -0.650. The van der Waals surface area contributed by atoms with E-state index in [-0.39, 0.29) is 18.7 Å². The van der Waals surface area contributed by atoms with Crippen molar-refractivity contribution >= 4 is 5.97 Å². The SMILES string of the molecule is CCCCOCCO.COCC(C)OC(C)=O. The summed E-state index contributed by atoms with van der Waals surface area (Å²) >= 11 is 0. The number of carbonyl (C=O) groups excluding carboxylic acids is 1. The van der Waals surface area contributed by atoms with Crippen LogP contribution in [0.25, 0.3) is 0 Å². The van der Waals surface area contributed by atoms with Gasteiger partial charge in [-0.3, -0.25) is 4.79 Å². The second-order valence-corrected chi connectivity index (χ2v) is 3.56. The molecule has 0 bridgehead atoms. The molecule has 5 nitrogen and oxygen atoms in total. The summed E-state index contributed by atoms with van der Waals surface area (Å²) in [7, 11) is 1.57. The number of ether oxygens (including phenoxy) is 3. The molecule has 0 heterocycles. The third-order valence-corrected chi connectivity index (χ3v) is 1.65. The predicted molar refractivity (Wildman–Crippen MR) is 65.9 cm³/mol. The van der Waals surface area contributed by atoms with Crippen LogP contribution in [-0.2, 0) is 19.0 Å². The molecule has 5 heteroatoms. The second-order valence-electron chi connectivity index (χ2n) is 3.56. The molecule has 0 saturated heterocycles. The Morgan fingerprint density at radius 2 is 2.00 bits per heavy atom. The monoisotopic (exact) mass is 250 g/mol. The van der Waals surface area contributed by atoms with Crippen molar-refractivity contribution in [1.82, 2.24) is 0 Å². The number of esters is 1. The summed E-state index contributed by atoms with van der Waals surface area (Å²) in [4.78, 5) is 10.3. The van der Waals surface area contributed by atoms with Gasteiger partial charge in [0.25, 0.3) is 0 Å². The average molecular weight is 250 g/mol. The maximum absolute atomic E-state index is 10.3. The van der Waals surface area contributed by atoms with Crippen molar-refractivity contribution in [2.24, 2.45) is 0 Å². The summed E-state index contributed by atoms with van der Waals surface area (Å²) in [6.45, 7) is 7.15. The van der Waals surface area contributed by atoms with Gasteiger partial charge in [0.05, 0.1) is 19.8 Å². The van der Waals surface area contributed by atoms with E-state index in [1.807, 2.05) is 0 Å². The molecule has 0 aromatic heterocycles. The summed E-state index contributed by atoms with van der Waals surface area (Å²) in [5.74, 6) is -0.264. The van der Waals surface area contributed by atoms with E-state index < -0.39 is 0 Å². The lowest BCUT2D eigenvalue weighted by atomic mass is 10.4. The lowest BCUT2D eigenvalue weighted by Crippen LogP contribution is -2.17. The Morgan fingerprint density at radius 3 is 2.41 bits per heavy atom. The summed E-state index contributed by atoms with van der Waals surface area (Å²) in [6, 6.07) is 0. The standard InChI is InChI=1S/C6H12O3.C6H14O2/c1-5(4-8-3)9-6(2)7;1-2-3-5-8-6-4-7/h5H,4H2,1-3H3;7H,2-6H2,1H3. The summed E-state index contributed by atoms with van der Waals surface area (Å²) in [5.41, 5.74) is 0. The molecule has 104 valence electrons. The van der Waals surface area contributed by atoms with Gasteiger partial charge in [0.2, 0.25) is 0 Å². The zero-order chi connectivity index (χ0) is 13.5. The van der Waals surface area contributed by atoms with E-state index in [0.29, 0.717) is 13.2 Å². The molecule has 17 heavy (non-hydrogen) atoms. The average Bonchev–Trinajstić information content (AvgIpc) is 2.25. The number of methoxy groups -OCH3 is 1. The van der Waals surface area contributed by atoms with Gasteiger partial charge in [-0.1, -0.05) is 13.3 Å². The van der Waals surface area contributed by atoms with Crippen LogP contribution in [0.3, 0.4) is 0 Å². The molecular weight excluding hydrogens is 224 g/mol. The number of aliphatic hydroxyl groups is 1. The molecule has 0 aliphatic rings. The molecule has 0 amide bonds. The Kier molecular flexibility index (Phi) is 16.9. The van der Waals surface area contributed by atoms with E-state index >= 15 is 0 Å². The number of hydrogen-bond acceptors (Lipinski definition) is 5. The number of hydrogen-bond donors (Lipinski definition) is 1. The first-order valence-electron chi connectivity index (χ1n) is 5.93. The van der Waals surface area contributed by atoms with Gasteiger partial charge in [0.1, 0.15) is 6.10 Å². The fourth-order valence-electron chi connectivity index (χ4n) is 0.965. The fourth-order valence-corrected chi connectivity index (χ4v) is 0.965. The van der Waals surface area contributed by atoms with Gasteiger partial charge >= 0.3 is 5.97 Å². The Balaban J connectivity index is 0. The zero-order valence-electron chi connectivity index (χ0n) is 11.4. The largest absolute Gasteiger partial charge is 0.460 e. The molecule has 0 aromatic carbocycles. The first kappa shape index (κ1) is 18.7. The van der Waals surface area contributed by atoms with Crippen LogP contribution in [0.4, 0.5) is 0 Å². The number of aliphatic hydroxyl groups excluding tert-OH is 1. The van der Waals surface area contributed by atoms with Crippen LogP contribution in [0, 0.1) is 0 Å². The molecule has 0 aliphatic carbocycles. The van der Waals surface area contributed by atoms with E-state index in [2.05, 4.69) is 6.92 Å². The van der Waals surface area contributed by atoms with Gasteiger partial charge in [0, 0.05) is 20.6 Å². The van der Waals surface area contributed by atoms with E-state index in [0.717, 1.165) is 19.4 Å². The summed E-state index contributed by atoms with van der Waals surface area (Å²) < 4.78 is 14.4. The molecule has 1 unspecified atom stereocenters. The Bertz CT molecular complexity index is 155. The summed E-state index contributed by atoms with van der Waals surface area (Å²) in [6.07, 6.45) is 2.12. The third-order valence-electron chi connectivity index (χ3n) is 1.65. The Labute approximate surface area is 104 Å². The lowest BCUT2D eigenvalue weighted by molar-refractivity contribution is -0.147. The summed E-state index contributed by atoms with van der Waals surface area (Å²) in [5, 5.41) is 8.24. The van der Waals surface area contributed by atoms with E-state index in [1.54, 1.807) is 14.0 Å². The highest BCUT2D eigenvalue weighted by Crippen LogP contribution is 1.90. The molecule has 0 radical (unpaired) electrons. The highest BCUT2D eigenvalue weighted by molar-refractivity contribution is 5.66. The van der Waals surface area contributed by atoms with Gasteiger partial charge in [0.15, 0.2) is 0 Å². The third kappa shape index (κ3) is 21.2. The molecule has 0 saturated carbocycles. The molecule has 0 aromatic rings. The van der Waals surface area contributed by atoms with Crippen molar-refractivity contribution in [3.63, 3.8) is 0 Å². The van der Waals surface area contributed by atoms with Crippen LogP contribution < -0.4 is 0 Å². The minimum atomic E-state index is -0.264. The number of unbranched alkanes of at least 4 members (excludes halogenated alkanes) is 1. The van der Waals surface area contributed by atoms with Crippen molar-refractivity contribution in [3.8, 4) is 0 Å². The highest BCUT2D eigenvalue weighted by atomic mass is 16.6. The molecule has 0 aliphatic heterocycles. The number of rotatable bonds is 8. The van der Waals surface area contributed by atoms with Crippen LogP contribution in [0.1, 0.15) is 33.6 Å². The van der Waals surface area contributed by atoms with Crippen molar-refractivity contribution in [2.75, 3.05) is 33.5 Å². The first-order chi connectivity index (χ1) is 8.08. The van der Waals surface area contributed by atoms with Gasteiger partial charge in [-0.05, 0) is 13.3 Å². The lowest BCUT2D eigenvalue weighted by Gasteiger charge is -2.08. The van der Waals surface area contributed by atoms with E-state index in [9.17, 15) is 4.79 Å². The molecule has 0 fully saturated rings.